The molecule has 0 radical (unpaired) electrons. The van der Waals surface area contributed by atoms with E-state index in [4.69, 9.17) is 4.43 Å². The van der Waals surface area contributed by atoms with Crippen molar-refractivity contribution in [1.29, 1.82) is 0 Å². The first kappa shape index (κ1) is 18.1. The second-order valence-electron chi connectivity index (χ2n) is 7.28. The number of carbonyl (C=O) groups excluding carboxylic acids is 1. The van der Waals surface area contributed by atoms with Crippen LogP contribution in [0, 0.1) is 0 Å². The summed E-state index contributed by atoms with van der Waals surface area (Å²) in [5.41, 5.74) is 1.36. The summed E-state index contributed by atoms with van der Waals surface area (Å²) < 4.78 is 6.39. The highest BCUT2D eigenvalue weighted by atomic mass is 28.4. The van der Waals surface area contributed by atoms with E-state index in [0.717, 1.165) is 25.5 Å². The van der Waals surface area contributed by atoms with Gasteiger partial charge in [0, 0.05) is 6.42 Å². The molecule has 1 aromatic carbocycles. The van der Waals surface area contributed by atoms with Crippen molar-refractivity contribution in [3.63, 3.8) is 0 Å². The summed E-state index contributed by atoms with van der Waals surface area (Å²) in [5, 5.41) is 0.188. The van der Waals surface area contributed by atoms with Crippen LogP contribution in [0.5, 0.6) is 0 Å². The molecule has 21 heavy (non-hydrogen) atoms. The molecular weight excluding hydrogens is 276 g/mol. The lowest BCUT2D eigenvalue weighted by atomic mass is 10.1. The lowest BCUT2D eigenvalue weighted by Gasteiger charge is -2.39. The van der Waals surface area contributed by atoms with Crippen LogP contribution in [0.25, 0.3) is 0 Å². The van der Waals surface area contributed by atoms with E-state index in [1.54, 1.807) is 0 Å². The topological polar surface area (TPSA) is 26.3 Å². The zero-order chi connectivity index (χ0) is 15.9. The summed E-state index contributed by atoms with van der Waals surface area (Å²) in [5.74, 6) is 0. The van der Waals surface area contributed by atoms with Gasteiger partial charge in [0.1, 0.15) is 6.29 Å². The molecule has 0 saturated carbocycles. The molecule has 118 valence electrons. The van der Waals surface area contributed by atoms with E-state index in [9.17, 15) is 4.79 Å². The molecule has 0 heterocycles. The molecule has 0 aliphatic heterocycles. The molecule has 0 aliphatic carbocycles. The van der Waals surface area contributed by atoms with Gasteiger partial charge in [0.05, 0.1) is 6.10 Å². The highest BCUT2D eigenvalue weighted by molar-refractivity contribution is 6.74. The van der Waals surface area contributed by atoms with Gasteiger partial charge in [0.2, 0.25) is 0 Å². The van der Waals surface area contributed by atoms with Crippen LogP contribution in [0.2, 0.25) is 18.1 Å². The Morgan fingerprint density at radius 2 is 1.81 bits per heavy atom. The number of hydrogen-bond acceptors (Lipinski definition) is 2. The van der Waals surface area contributed by atoms with Crippen LogP contribution in [-0.2, 0) is 15.6 Å². The maximum Gasteiger partial charge on any atom is 0.192 e. The Kier molecular flexibility index (Phi) is 6.82. The average molecular weight is 307 g/mol. The third kappa shape index (κ3) is 6.14. The van der Waals surface area contributed by atoms with Gasteiger partial charge in [-0.3, -0.25) is 0 Å². The van der Waals surface area contributed by atoms with Gasteiger partial charge in [0.25, 0.3) is 0 Å². The molecule has 1 aromatic rings. The molecule has 0 amide bonds. The zero-order valence-corrected chi connectivity index (χ0v) is 15.2. The Morgan fingerprint density at radius 1 is 1.19 bits per heavy atom. The number of rotatable bonds is 8. The van der Waals surface area contributed by atoms with Gasteiger partial charge in [-0.1, -0.05) is 51.1 Å². The first-order valence-electron chi connectivity index (χ1n) is 7.91. The van der Waals surface area contributed by atoms with E-state index in [1.807, 2.05) is 6.07 Å². The summed E-state index contributed by atoms with van der Waals surface area (Å²) >= 11 is 0. The Morgan fingerprint density at radius 3 is 2.33 bits per heavy atom. The molecule has 0 fully saturated rings. The van der Waals surface area contributed by atoms with Crippen LogP contribution >= 0.6 is 0 Å². The smallest absolute Gasteiger partial charge is 0.192 e. The normalized spacial score (nSPS) is 14.0. The number of aryl methyl sites for hydroxylation is 1. The minimum Gasteiger partial charge on any atom is -0.414 e. The van der Waals surface area contributed by atoms with Crippen LogP contribution in [0.1, 0.15) is 45.6 Å². The van der Waals surface area contributed by atoms with E-state index in [-0.39, 0.29) is 11.1 Å². The van der Waals surface area contributed by atoms with Crippen LogP contribution < -0.4 is 0 Å². The minimum atomic E-state index is -1.79. The fourth-order valence-corrected chi connectivity index (χ4v) is 3.51. The van der Waals surface area contributed by atoms with Crippen molar-refractivity contribution in [3.8, 4) is 0 Å². The van der Waals surface area contributed by atoms with Crippen LogP contribution in [-0.4, -0.2) is 20.7 Å². The molecule has 0 N–H and O–H groups in total. The van der Waals surface area contributed by atoms with Crippen molar-refractivity contribution in [2.45, 2.75) is 70.7 Å². The number of benzene rings is 1. The molecule has 1 atom stereocenters. The van der Waals surface area contributed by atoms with Crippen LogP contribution in [0.15, 0.2) is 30.3 Å². The standard InChI is InChI=1S/C18H30O2Si/c1-18(2,3)21(4,5)20-17(14-15-19)13-9-12-16-10-7-6-8-11-16/h6-8,10-11,15,17H,9,12-14H2,1-5H3/t17-/m1/s1. The number of carbonyl (C=O) groups is 1. The maximum atomic E-state index is 10.9. The largest absolute Gasteiger partial charge is 0.414 e. The Hall–Kier alpha value is -0.933. The highest BCUT2D eigenvalue weighted by Crippen LogP contribution is 2.38. The molecule has 0 aromatic heterocycles. The molecule has 0 aliphatic rings. The van der Waals surface area contributed by atoms with Crippen molar-refractivity contribution in [1.82, 2.24) is 0 Å². The van der Waals surface area contributed by atoms with E-state index in [2.05, 4.69) is 58.1 Å². The van der Waals surface area contributed by atoms with Crippen molar-refractivity contribution < 1.29 is 9.22 Å². The van der Waals surface area contributed by atoms with E-state index < -0.39 is 8.32 Å². The highest BCUT2D eigenvalue weighted by Gasteiger charge is 2.38. The predicted molar refractivity (Wildman–Crippen MR) is 92.1 cm³/mol. The van der Waals surface area contributed by atoms with Gasteiger partial charge in [0.15, 0.2) is 8.32 Å². The average Bonchev–Trinajstić information content (AvgIpc) is 2.38. The first-order valence-corrected chi connectivity index (χ1v) is 10.8. The zero-order valence-electron chi connectivity index (χ0n) is 14.2. The van der Waals surface area contributed by atoms with Crippen molar-refractivity contribution >= 4 is 14.6 Å². The summed E-state index contributed by atoms with van der Waals surface area (Å²) in [7, 11) is -1.79. The molecule has 0 spiro atoms. The lowest BCUT2D eigenvalue weighted by molar-refractivity contribution is -0.109. The first-order chi connectivity index (χ1) is 9.76. The SMILES string of the molecule is CC(C)(C)[Si](C)(C)O[C@@H](CC=O)CCCc1ccccc1. The molecule has 0 saturated heterocycles. The fraction of sp³-hybridized carbons (Fsp3) is 0.611. The van der Waals surface area contributed by atoms with Gasteiger partial charge in [-0.15, -0.1) is 0 Å². The Bertz CT molecular complexity index is 421. The van der Waals surface area contributed by atoms with Crippen LogP contribution in [0.3, 0.4) is 0 Å². The third-order valence-electron chi connectivity index (χ3n) is 4.46. The lowest BCUT2D eigenvalue weighted by Crippen LogP contribution is -2.44. The van der Waals surface area contributed by atoms with Crippen molar-refractivity contribution in [2.24, 2.45) is 0 Å². The molecule has 0 bridgehead atoms. The third-order valence-corrected chi connectivity index (χ3v) is 9.00. The second kappa shape index (κ2) is 7.90. The van der Waals surface area contributed by atoms with E-state index in [1.165, 1.54) is 5.56 Å². The second-order valence-corrected chi connectivity index (χ2v) is 12.0. The Labute approximate surface area is 131 Å². The molecule has 1 rings (SSSR count). The maximum absolute atomic E-state index is 10.9. The van der Waals surface area contributed by atoms with E-state index >= 15 is 0 Å². The summed E-state index contributed by atoms with van der Waals surface area (Å²) in [6, 6.07) is 10.5. The molecule has 3 heteroatoms. The fourth-order valence-electron chi connectivity index (χ4n) is 2.10. The molecule has 2 nitrogen and oxygen atoms in total. The van der Waals surface area contributed by atoms with Crippen molar-refractivity contribution in [2.75, 3.05) is 0 Å². The number of hydrogen-bond donors (Lipinski definition) is 0. The van der Waals surface area contributed by atoms with Gasteiger partial charge in [-0.05, 0) is 43.0 Å². The van der Waals surface area contributed by atoms with Crippen molar-refractivity contribution in [3.05, 3.63) is 35.9 Å². The van der Waals surface area contributed by atoms with Gasteiger partial charge in [-0.2, -0.15) is 0 Å². The van der Waals surface area contributed by atoms with Gasteiger partial charge >= 0.3 is 0 Å². The Balaban J connectivity index is 2.52. The summed E-state index contributed by atoms with van der Waals surface area (Å²) in [6.45, 7) is 11.2. The monoisotopic (exact) mass is 306 g/mol. The summed E-state index contributed by atoms with van der Waals surface area (Å²) in [4.78, 5) is 10.9. The molecular formula is C18H30O2Si. The predicted octanol–water partition coefficient (Wildman–Crippen LogP) is 4.99. The molecule has 0 unspecified atom stereocenters. The van der Waals surface area contributed by atoms with E-state index in [0.29, 0.717) is 6.42 Å². The van der Waals surface area contributed by atoms with Crippen LogP contribution in [0.4, 0.5) is 0 Å². The van der Waals surface area contributed by atoms with Gasteiger partial charge in [-0.25, -0.2) is 0 Å². The quantitative estimate of drug-likeness (QED) is 0.499. The van der Waals surface area contributed by atoms with Gasteiger partial charge < -0.3 is 9.22 Å². The number of aldehydes is 1. The summed E-state index contributed by atoms with van der Waals surface area (Å²) in [6.07, 6.45) is 4.67. The minimum absolute atomic E-state index is 0.0760.